The standard InChI is InChI=1S/C21H21N3O5S2/c1-15-4-3-5-19(14-15)24-31(28,29)20-12-10-17(11-13-20)22-21(25)16-6-8-18(9-7-16)23-30(2,26)27/h3-14,23-24H,1-2H3,(H,22,25). The Labute approximate surface area is 181 Å². The highest BCUT2D eigenvalue weighted by Crippen LogP contribution is 2.20. The molecule has 3 aromatic rings. The van der Waals surface area contributed by atoms with Gasteiger partial charge in [-0.1, -0.05) is 12.1 Å². The van der Waals surface area contributed by atoms with E-state index < -0.39 is 26.0 Å². The van der Waals surface area contributed by atoms with Crippen LogP contribution in [-0.4, -0.2) is 29.0 Å². The van der Waals surface area contributed by atoms with Crippen LogP contribution in [0.15, 0.2) is 77.7 Å². The monoisotopic (exact) mass is 459 g/mol. The minimum atomic E-state index is -3.77. The average Bonchev–Trinajstić information content (AvgIpc) is 2.67. The third-order valence-corrected chi connectivity index (χ3v) is 6.15. The van der Waals surface area contributed by atoms with Gasteiger partial charge in [0, 0.05) is 22.6 Å². The molecular formula is C21H21N3O5S2. The summed E-state index contributed by atoms with van der Waals surface area (Å²) in [6.07, 6.45) is 1.04. The molecule has 0 unspecified atom stereocenters. The van der Waals surface area contributed by atoms with Crippen LogP contribution < -0.4 is 14.8 Å². The van der Waals surface area contributed by atoms with Crippen LogP contribution in [0.1, 0.15) is 15.9 Å². The SMILES string of the molecule is Cc1cccc(NS(=O)(=O)c2ccc(NC(=O)c3ccc(NS(C)(=O)=O)cc3)cc2)c1. The van der Waals surface area contributed by atoms with E-state index in [0.29, 0.717) is 22.6 Å². The molecule has 0 saturated heterocycles. The van der Waals surface area contributed by atoms with Crippen LogP contribution in [0.5, 0.6) is 0 Å². The first-order chi connectivity index (χ1) is 14.5. The predicted octanol–water partition coefficient (Wildman–Crippen LogP) is 3.42. The van der Waals surface area contributed by atoms with Gasteiger partial charge in [0.2, 0.25) is 10.0 Å². The highest BCUT2D eigenvalue weighted by atomic mass is 32.2. The Morgan fingerprint density at radius 2 is 1.35 bits per heavy atom. The van der Waals surface area contributed by atoms with Crippen LogP contribution in [0.3, 0.4) is 0 Å². The van der Waals surface area contributed by atoms with Gasteiger partial charge in [0.05, 0.1) is 11.2 Å². The van der Waals surface area contributed by atoms with Crippen LogP contribution in [0.4, 0.5) is 17.1 Å². The third kappa shape index (κ3) is 6.30. The van der Waals surface area contributed by atoms with E-state index in [1.54, 1.807) is 18.2 Å². The molecule has 10 heteroatoms. The van der Waals surface area contributed by atoms with Gasteiger partial charge in [0.1, 0.15) is 0 Å². The lowest BCUT2D eigenvalue weighted by Gasteiger charge is -2.10. The van der Waals surface area contributed by atoms with E-state index in [9.17, 15) is 21.6 Å². The minimum absolute atomic E-state index is 0.0585. The zero-order chi connectivity index (χ0) is 22.6. The summed E-state index contributed by atoms with van der Waals surface area (Å²) in [6, 6.07) is 18.7. The first kappa shape index (κ1) is 22.3. The Morgan fingerprint density at radius 1 is 0.742 bits per heavy atom. The molecule has 0 aliphatic carbocycles. The molecule has 0 spiro atoms. The Morgan fingerprint density at radius 3 is 1.94 bits per heavy atom. The topological polar surface area (TPSA) is 121 Å². The fourth-order valence-electron chi connectivity index (χ4n) is 2.75. The van der Waals surface area contributed by atoms with Gasteiger partial charge in [-0.2, -0.15) is 0 Å². The van der Waals surface area contributed by atoms with Crippen molar-refractivity contribution in [3.8, 4) is 0 Å². The summed E-state index contributed by atoms with van der Waals surface area (Å²) >= 11 is 0. The fraction of sp³-hybridized carbons (Fsp3) is 0.0952. The summed E-state index contributed by atoms with van der Waals surface area (Å²) in [7, 11) is -7.17. The van der Waals surface area contributed by atoms with Crippen LogP contribution >= 0.6 is 0 Å². The second kappa shape index (κ2) is 8.78. The van der Waals surface area contributed by atoms with E-state index >= 15 is 0 Å². The second-order valence-electron chi connectivity index (χ2n) is 6.91. The zero-order valence-electron chi connectivity index (χ0n) is 16.8. The third-order valence-electron chi connectivity index (χ3n) is 4.14. The highest BCUT2D eigenvalue weighted by Gasteiger charge is 2.15. The number of carbonyl (C=O) groups excluding carboxylic acids is 1. The number of rotatable bonds is 7. The van der Waals surface area contributed by atoms with Crippen LogP contribution in [0.2, 0.25) is 0 Å². The number of carbonyl (C=O) groups is 1. The number of hydrogen-bond acceptors (Lipinski definition) is 5. The molecule has 0 atom stereocenters. The second-order valence-corrected chi connectivity index (χ2v) is 10.3. The molecule has 0 saturated carbocycles. The molecule has 31 heavy (non-hydrogen) atoms. The summed E-state index contributed by atoms with van der Waals surface area (Å²) in [5.41, 5.74) is 2.47. The molecule has 3 rings (SSSR count). The van der Waals surface area contributed by atoms with Crippen molar-refractivity contribution in [2.75, 3.05) is 21.0 Å². The van der Waals surface area contributed by atoms with E-state index in [2.05, 4.69) is 14.8 Å². The maximum absolute atomic E-state index is 12.6. The quantitative estimate of drug-likeness (QED) is 0.500. The van der Waals surface area contributed by atoms with E-state index in [0.717, 1.165) is 11.8 Å². The maximum atomic E-state index is 12.6. The molecule has 3 N–H and O–H groups in total. The number of nitrogens with one attached hydrogen (secondary N) is 3. The van der Waals surface area contributed by atoms with Crippen molar-refractivity contribution in [2.24, 2.45) is 0 Å². The molecule has 0 bridgehead atoms. The number of sulfonamides is 2. The smallest absolute Gasteiger partial charge is 0.261 e. The van der Waals surface area contributed by atoms with Gasteiger partial charge >= 0.3 is 0 Å². The first-order valence-electron chi connectivity index (χ1n) is 9.11. The van der Waals surface area contributed by atoms with E-state index in [1.807, 2.05) is 13.0 Å². The van der Waals surface area contributed by atoms with Crippen LogP contribution in [0.25, 0.3) is 0 Å². The van der Waals surface area contributed by atoms with E-state index in [4.69, 9.17) is 0 Å². The Kier molecular flexibility index (Phi) is 6.32. The Bertz CT molecular complexity index is 1300. The molecule has 162 valence electrons. The van der Waals surface area contributed by atoms with Crippen molar-refractivity contribution in [2.45, 2.75) is 11.8 Å². The normalized spacial score (nSPS) is 11.5. The molecule has 8 nitrogen and oxygen atoms in total. The predicted molar refractivity (Wildman–Crippen MR) is 121 cm³/mol. The van der Waals surface area contributed by atoms with Gasteiger partial charge < -0.3 is 5.32 Å². The Balaban J connectivity index is 1.68. The van der Waals surface area contributed by atoms with E-state index in [-0.39, 0.29) is 4.90 Å². The summed E-state index contributed by atoms with van der Waals surface area (Å²) in [4.78, 5) is 12.4. The number of benzene rings is 3. The molecule has 3 aromatic carbocycles. The van der Waals surface area contributed by atoms with Crippen molar-refractivity contribution in [1.82, 2.24) is 0 Å². The van der Waals surface area contributed by atoms with Crippen molar-refractivity contribution in [1.29, 1.82) is 0 Å². The van der Waals surface area contributed by atoms with Gasteiger partial charge in [-0.05, 0) is 73.2 Å². The summed E-state index contributed by atoms with van der Waals surface area (Å²) in [5, 5.41) is 2.67. The molecule has 0 aliphatic rings. The van der Waals surface area contributed by atoms with Crippen molar-refractivity contribution in [3.05, 3.63) is 83.9 Å². The lowest BCUT2D eigenvalue weighted by molar-refractivity contribution is 0.102. The van der Waals surface area contributed by atoms with Gasteiger partial charge in [0.15, 0.2) is 0 Å². The largest absolute Gasteiger partial charge is 0.322 e. The van der Waals surface area contributed by atoms with Crippen molar-refractivity contribution < 1.29 is 21.6 Å². The van der Waals surface area contributed by atoms with Crippen LogP contribution in [0, 0.1) is 6.92 Å². The molecule has 0 aromatic heterocycles. The molecule has 1 amide bonds. The number of aryl methyl sites for hydroxylation is 1. The summed E-state index contributed by atoms with van der Waals surface area (Å²) < 4.78 is 52.4. The Hall–Kier alpha value is -3.37. The number of hydrogen-bond donors (Lipinski definition) is 3. The van der Waals surface area contributed by atoms with Crippen molar-refractivity contribution in [3.63, 3.8) is 0 Å². The molecule has 0 radical (unpaired) electrons. The zero-order valence-corrected chi connectivity index (χ0v) is 18.4. The lowest BCUT2D eigenvalue weighted by Crippen LogP contribution is -2.14. The van der Waals surface area contributed by atoms with Crippen molar-refractivity contribution >= 4 is 43.0 Å². The summed E-state index contributed by atoms with van der Waals surface area (Å²) in [6.45, 7) is 1.87. The summed E-state index contributed by atoms with van der Waals surface area (Å²) in [5.74, 6) is -0.417. The van der Waals surface area contributed by atoms with Gasteiger partial charge in [0.25, 0.3) is 15.9 Å². The molecule has 0 heterocycles. The fourth-order valence-corrected chi connectivity index (χ4v) is 4.36. The maximum Gasteiger partial charge on any atom is 0.261 e. The minimum Gasteiger partial charge on any atom is -0.322 e. The van der Waals surface area contributed by atoms with Gasteiger partial charge in [-0.3, -0.25) is 14.2 Å². The molecule has 0 fully saturated rings. The average molecular weight is 460 g/mol. The molecule has 0 aliphatic heterocycles. The first-order valence-corrected chi connectivity index (χ1v) is 12.5. The van der Waals surface area contributed by atoms with Gasteiger partial charge in [-0.15, -0.1) is 0 Å². The lowest BCUT2D eigenvalue weighted by atomic mass is 10.2. The van der Waals surface area contributed by atoms with Crippen LogP contribution in [-0.2, 0) is 20.0 Å². The van der Waals surface area contributed by atoms with Gasteiger partial charge in [-0.25, -0.2) is 16.8 Å². The number of amides is 1. The highest BCUT2D eigenvalue weighted by molar-refractivity contribution is 7.92. The molecular weight excluding hydrogens is 438 g/mol. The van der Waals surface area contributed by atoms with E-state index in [1.165, 1.54) is 48.5 Å². The number of anilines is 3.